The quantitative estimate of drug-likeness (QED) is 0.603. The highest BCUT2D eigenvalue weighted by Crippen LogP contribution is 2.22. The Balaban J connectivity index is 1.50. The van der Waals surface area contributed by atoms with E-state index in [0.717, 1.165) is 10.8 Å². The molecule has 0 saturated heterocycles. The third kappa shape index (κ3) is 5.20. The fraction of sp³-hybridized carbons (Fsp3) is 0.227. The summed E-state index contributed by atoms with van der Waals surface area (Å²) in [4.78, 5) is 12.4. The summed E-state index contributed by atoms with van der Waals surface area (Å²) in [5, 5.41) is 5.00. The molecular formula is C22H22FNO3. The van der Waals surface area contributed by atoms with Crippen LogP contribution in [0.15, 0.2) is 66.7 Å². The predicted octanol–water partition coefficient (Wildman–Crippen LogP) is 4.33. The maximum absolute atomic E-state index is 12.8. The normalized spacial score (nSPS) is 11.8. The zero-order valence-electron chi connectivity index (χ0n) is 15.2. The smallest absolute Gasteiger partial charge is 0.261 e. The van der Waals surface area contributed by atoms with Gasteiger partial charge in [0.2, 0.25) is 0 Å². The van der Waals surface area contributed by atoms with Crippen molar-refractivity contribution >= 4 is 16.7 Å². The van der Waals surface area contributed by atoms with Gasteiger partial charge in [0.15, 0.2) is 6.10 Å². The lowest BCUT2D eigenvalue weighted by Crippen LogP contribution is -2.39. The topological polar surface area (TPSA) is 47.6 Å². The minimum atomic E-state index is -0.572. The van der Waals surface area contributed by atoms with Crippen LogP contribution in [0.25, 0.3) is 10.8 Å². The van der Waals surface area contributed by atoms with E-state index in [9.17, 15) is 9.18 Å². The largest absolute Gasteiger partial charge is 0.492 e. The zero-order chi connectivity index (χ0) is 19.1. The zero-order valence-corrected chi connectivity index (χ0v) is 15.2. The molecule has 1 atom stereocenters. The molecule has 0 bridgehead atoms. The van der Waals surface area contributed by atoms with Gasteiger partial charge in [-0.2, -0.15) is 0 Å². The predicted molar refractivity (Wildman–Crippen MR) is 104 cm³/mol. The molecule has 3 aromatic rings. The maximum Gasteiger partial charge on any atom is 0.261 e. The molecule has 1 N–H and O–H groups in total. The van der Waals surface area contributed by atoms with Crippen LogP contribution in [0.5, 0.6) is 11.5 Å². The molecule has 3 rings (SSSR count). The van der Waals surface area contributed by atoms with Crippen LogP contribution < -0.4 is 14.8 Å². The van der Waals surface area contributed by atoms with Crippen molar-refractivity contribution in [1.29, 1.82) is 0 Å². The van der Waals surface area contributed by atoms with Crippen LogP contribution in [-0.2, 0) is 4.79 Å². The van der Waals surface area contributed by atoms with E-state index in [1.165, 1.54) is 12.1 Å². The fourth-order valence-electron chi connectivity index (χ4n) is 2.72. The third-order valence-corrected chi connectivity index (χ3v) is 4.15. The molecule has 0 spiro atoms. The molecule has 0 aliphatic rings. The third-order valence-electron chi connectivity index (χ3n) is 4.15. The van der Waals surface area contributed by atoms with Gasteiger partial charge in [0.25, 0.3) is 5.91 Å². The van der Waals surface area contributed by atoms with Crippen LogP contribution in [0, 0.1) is 5.82 Å². The van der Waals surface area contributed by atoms with Gasteiger partial charge in [-0.1, -0.05) is 37.3 Å². The van der Waals surface area contributed by atoms with Gasteiger partial charge in [0.05, 0.1) is 6.54 Å². The van der Waals surface area contributed by atoms with Gasteiger partial charge in [-0.05, 0) is 53.6 Å². The van der Waals surface area contributed by atoms with Gasteiger partial charge >= 0.3 is 0 Å². The monoisotopic (exact) mass is 367 g/mol. The van der Waals surface area contributed by atoms with Crippen LogP contribution in [0.2, 0.25) is 0 Å². The van der Waals surface area contributed by atoms with Crippen molar-refractivity contribution in [2.45, 2.75) is 19.4 Å². The number of hydrogen-bond donors (Lipinski definition) is 1. The molecule has 0 aliphatic carbocycles. The number of rotatable bonds is 8. The van der Waals surface area contributed by atoms with Crippen LogP contribution in [-0.4, -0.2) is 25.2 Å². The minimum absolute atomic E-state index is 0.187. The van der Waals surface area contributed by atoms with E-state index in [2.05, 4.69) is 5.32 Å². The molecule has 0 saturated carbocycles. The average Bonchev–Trinajstić information content (AvgIpc) is 2.70. The minimum Gasteiger partial charge on any atom is -0.492 e. The van der Waals surface area contributed by atoms with E-state index in [1.807, 2.05) is 49.4 Å². The standard InChI is InChI=1S/C22H22FNO3/c1-2-21(27-20-10-7-16-5-3-4-6-17(16)15-20)22(25)24-13-14-26-19-11-8-18(23)9-12-19/h3-12,15,21H,2,13-14H2,1H3,(H,24,25)/t21-/m1/s1. The van der Waals surface area contributed by atoms with Gasteiger partial charge < -0.3 is 14.8 Å². The molecule has 3 aromatic carbocycles. The maximum atomic E-state index is 12.8. The van der Waals surface area contributed by atoms with E-state index < -0.39 is 6.10 Å². The van der Waals surface area contributed by atoms with Gasteiger partial charge in [0, 0.05) is 0 Å². The molecule has 0 radical (unpaired) electrons. The van der Waals surface area contributed by atoms with E-state index in [-0.39, 0.29) is 11.7 Å². The van der Waals surface area contributed by atoms with Crippen LogP contribution >= 0.6 is 0 Å². The second-order valence-electron chi connectivity index (χ2n) is 6.12. The molecule has 140 valence electrons. The van der Waals surface area contributed by atoms with Crippen molar-refractivity contribution in [2.24, 2.45) is 0 Å². The second-order valence-corrected chi connectivity index (χ2v) is 6.12. The van der Waals surface area contributed by atoms with Gasteiger partial charge in [-0.3, -0.25) is 4.79 Å². The van der Waals surface area contributed by atoms with Crippen molar-refractivity contribution in [2.75, 3.05) is 13.2 Å². The highest BCUT2D eigenvalue weighted by molar-refractivity contribution is 5.84. The fourth-order valence-corrected chi connectivity index (χ4v) is 2.72. The summed E-state index contributed by atoms with van der Waals surface area (Å²) >= 11 is 0. The number of carbonyl (C=O) groups is 1. The number of benzene rings is 3. The first-order valence-corrected chi connectivity index (χ1v) is 8.97. The number of nitrogens with one attached hydrogen (secondary N) is 1. The van der Waals surface area contributed by atoms with Crippen LogP contribution in [0.1, 0.15) is 13.3 Å². The summed E-state index contributed by atoms with van der Waals surface area (Å²) in [7, 11) is 0. The van der Waals surface area contributed by atoms with E-state index >= 15 is 0 Å². The highest BCUT2D eigenvalue weighted by atomic mass is 19.1. The van der Waals surface area contributed by atoms with Crippen LogP contribution in [0.3, 0.4) is 0 Å². The number of amides is 1. The van der Waals surface area contributed by atoms with Crippen molar-refractivity contribution < 1.29 is 18.7 Å². The van der Waals surface area contributed by atoms with E-state index in [4.69, 9.17) is 9.47 Å². The Labute approximate surface area is 157 Å². The van der Waals surface area contributed by atoms with Gasteiger partial charge in [-0.25, -0.2) is 4.39 Å². The Morgan fingerprint density at radius 1 is 1.00 bits per heavy atom. The first-order chi connectivity index (χ1) is 13.2. The first-order valence-electron chi connectivity index (χ1n) is 8.97. The van der Waals surface area contributed by atoms with Gasteiger partial charge in [-0.15, -0.1) is 0 Å². The van der Waals surface area contributed by atoms with E-state index in [0.29, 0.717) is 31.1 Å². The van der Waals surface area contributed by atoms with Crippen molar-refractivity contribution in [3.05, 3.63) is 72.5 Å². The molecule has 0 unspecified atom stereocenters. The molecule has 0 heterocycles. The second kappa shape index (κ2) is 9.03. The Hall–Kier alpha value is -3.08. The highest BCUT2D eigenvalue weighted by Gasteiger charge is 2.18. The summed E-state index contributed by atoms with van der Waals surface area (Å²) in [5.74, 6) is 0.726. The Morgan fingerprint density at radius 3 is 2.44 bits per heavy atom. The molecule has 0 fully saturated rings. The summed E-state index contributed by atoms with van der Waals surface area (Å²) in [6.07, 6.45) is -0.0192. The number of hydrogen-bond acceptors (Lipinski definition) is 3. The first kappa shape index (κ1) is 18.7. The molecule has 27 heavy (non-hydrogen) atoms. The molecule has 0 aromatic heterocycles. The Morgan fingerprint density at radius 2 is 1.70 bits per heavy atom. The number of carbonyl (C=O) groups excluding carboxylic acids is 1. The number of halogens is 1. The van der Waals surface area contributed by atoms with Gasteiger partial charge in [0.1, 0.15) is 23.9 Å². The summed E-state index contributed by atoms with van der Waals surface area (Å²) in [6, 6.07) is 19.5. The average molecular weight is 367 g/mol. The summed E-state index contributed by atoms with van der Waals surface area (Å²) in [5.41, 5.74) is 0. The Bertz CT molecular complexity index is 895. The lowest BCUT2D eigenvalue weighted by molar-refractivity contribution is -0.128. The van der Waals surface area contributed by atoms with Crippen molar-refractivity contribution in [3.8, 4) is 11.5 Å². The van der Waals surface area contributed by atoms with Crippen molar-refractivity contribution in [3.63, 3.8) is 0 Å². The SMILES string of the molecule is CC[C@@H](Oc1ccc2ccccc2c1)C(=O)NCCOc1ccc(F)cc1. The lowest BCUT2D eigenvalue weighted by Gasteiger charge is -2.18. The summed E-state index contributed by atoms with van der Waals surface area (Å²) in [6.45, 7) is 2.54. The molecule has 1 amide bonds. The van der Waals surface area contributed by atoms with E-state index in [1.54, 1.807) is 12.1 Å². The van der Waals surface area contributed by atoms with Crippen LogP contribution in [0.4, 0.5) is 4.39 Å². The molecule has 4 nitrogen and oxygen atoms in total. The molecular weight excluding hydrogens is 345 g/mol. The molecule has 0 aliphatic heterocycles. The van der Waals surface area contributed by atoms with Crippen molar-refractivity contribution in [1.82, 2.24) is 5.32 Å². The number of fused-ring (bicyclic) bond motifs is 1. The Kier molecular flexibility index (Phi) is 6.26. The molecule has 5 heteroatoms. The summed E-state index contributed by atoms with van der Waals surface area (Å²) < 4.78 is 24.2. The number of ether oxygens (including phenoxy) is 2. The lowest BCUT2D eigenvalue weighted by atomic mass is 10.1.